The van der Waals surface area contributed by atoms with Gasteiger partial charge in [0.25, 0.3) is 5.56 Å². The quantitative estimate of drug-likeness (QED) is 0.299. The molecular formula is C29H29N5O3S. The Balaban J connectivity index is 1.43. The Morgan fingerprint density at radius 2 is 1.82 bits per heavy atom. The molecule has 0 aliphatic carbocycles. The molecule has 0 atom stereocenters. The van der Waals surface area contributed by atoms with E-state index in [0.717, 1.165) is 58.0 Å². The lowest BCUT2D eigenvalue weighted by Gasteiger charge is -2.16. The normalized spacial score (nSPS) is 14.3. The van der Waals surface area contributed by atoms with Gasteiger partial charge in [-0.2, -0.15) is 0 Å². The number of carbonyl (C=O) groups is 1. The predicted molar refractivity (Wildman–Crippen MR) is 149 cm³/mol. The van der Waals surface area contributed by atoms with Crippen LogP contribution in [0, 0.1) is 6.92 Å². The molecule has 2 aromatic carbocycles. The molecule has 9 heteroatoms. The Hall–Kier alpha value is -4.11. The molecule has 1 fully saturated rings. The highest BCUT2D eigenvalue weighted by molar-refractivity contribution is 7.07. The fourth-order valence-corrected chi connectivity index (χ4v) is 6.00. The van der Waals surface area contributed by atoms with Crippen LogP contribution in [-0.4, -0.2) is 37.8 Å². The molecule has 194 valence electrons. The van der Waals surface area contributed by atoms with Gasteiger partial charge in [-0.3, -0.25) is 14.3 Å². The Kier molecular flexibility index (Phi) is 6.37. The van der Waals surface area contributed by atoms with Crippen molar-refractivity contribution in [3.8, 4) is 17.1 Å². The third kappa shape index (κ3) is 4.32. The minimum Gasteiger partial charge on any atom is -0.454 e. The van der Waals surface area contributed by atoms with Crippen LogP contribution < -0.4 is 10.4 Å². The second kappa shape index (κ2) is 9.98. The van der Waals surface area contributed by atoms with E-state index in [4.69, 9.17) is 9.41 Å². The molecule has 0 saturated carbocycles. The summed E-state index contributed by atoms with van der Waals surface area (Å²) in [5, 5.41) is 3.07. The maximum Gasteiger partial charge on any atom is 0.297 e. The first-order valence-corrected chi connectivity index (χ1v) is 13.7. The van der Waals surface area contributed by atoms with Gasteiger partial charge in [-0.05, 0) is 44.0 Å². The van der Waals surface area contributed by atoms with E-state index < -0.39 is 0 Å². The van der Waals surface area contributed by atoms with Gasteiger partial charge in [-0.25, -0.2) is 9.67 Å². The molecule has 1 saturated heterocycles. The number of fused-ring (bicyclic) bond motifs is 1. The molecule has 3 aromatic heterocycles. The van der Waals surface area contributed by atoms with Crippen molar-refractivity contribution < 1.29 is 9.21 Å². The van der Waals surface area contributed by atoms with Gasteiger partial charge in [0.05, 0.1) is 17.1 Å². The highest BCUT2D eigenvalue weighted by atomic mass is 32.1. The van der Waals surface area contributed by atoms with Crippen molar-refractivity contribution in [1.82, 2.24) is 18.8 Å². The van der Waals surface area contributed by atoms with E-state index in [2.05, 4.69) is 4.57 Å². The monoisotopic (exact) mass is 527 g/mol. The summed E-state index contributed by atoms with van der Waals surface area (Å²) in [6.07, 6.45) is 2.35. The van der Waals surface area contributed by atoms with Crippen molar-refractivity contribution in [2.45, 2.75) is 32.7 Å². The van der Waals surface area contributed by atoms with Crippen molar-refractivity contribution >= 4 is 33.9 Å². The van der Waals surface area contributed by atoms with Crippen LogP contribution in [0.1, 0.15) is 25.0 Å². The van der Waals surface area contributed by atoms with Gasteiger partial charge >= 0.3 is 0 Å². The molecule has 1 aliphatic rings. The first-order valence-electron chi connectivity index (χ1n) is 12.8. The second-order valence-electron chi connectivity index (χ2n) is 9.56. The van der Waals surface area contributed by atoms with Gasteiger partial charge in [0, 0.05) is 43.9 Å². The first-order chi connectivity index (χ1) is 18.5. The molecule has 4 heterocycles. The highest BCUT2D eigenvalue weighted by Gasteiger charge is 2.21. The minimum atomic E-state index is -0.163. The van der Waals surface area contributed by atoms with E-state index >= 15 is 0 Å². The third-order valence-electron chi connectivity index (χ3n) is 7.19. The van der Waals surface area contributed by atoms with E-state index in [1.807, 2.05) is 89.6 Å². The molecule has 0 radical (unpaired) electrons. The van der Waals surface area contributed by atoms with Crippen LogP contribution >= 0.6 is 11.3 Å². The predicted octanol–water partition coefficient (Wildman–Crippen LogP) is 5.01. The summed E-state index contributed by atoms with van der Waals surface area (Å²) >= 11 is 1.49. The molecule has 0 spiro atoms. The second-order valence-corrected chi connectivity index (χ2v) is 10.4. The van der Waals surface area contributed by atoms with Crippen LogP contribution in [0.25, 0.3) is 28.1 Å². The summed E-state index contributed by atoms with van der Waals surface area (Å²) in [6, 6.07) is 19.6. The van der Waals surface area contributed by atoms with Crippen molar-refractivity contribution in [2.24, 2.45) is 12.0 Å². The van der Waals surface area contributed by atoms with Crippen molar-refractivity contribution in [3.63, 3.8) is 0 Å². The summed E-state index contributed by atoms with van der Waals surface area (Å²) < 4.78 is 11.8. The summed E-state index contributed by atoms with van der Waals surface area (Å²) in [4.78, 5) is 33.2. The summed E-state index contributed by atoms with van der Waals surface area (Å²) in [5.41, 5.74) is 3.57. The third-order valence-corrected chi connectivity index (χ3v) is 8.05. The molecule has 0 N–H and O–H groups in total. The van der Waals surface area contributed by atoms with E-state index in [-0.39, 0.29) is 11.5 Å². The largest absolute Gasteiger partial charge is 0.454 e. The number of nitrogens with zero attached hydrogens (tertiary/aromatic N) is 5. The van der Waals surface area contributed by atoms with Crippen LogP contribution in [0.2, 0.25) is 0 Å². The number of thiazole rings is 1. The molecule has 38 heavy (non-hydrogen) atoms. The van der Waals surface area contributed by atoms with E-state index in [1.54, 1.807) is 4.68 Å². The number of furan rings is 1. The molecule has 1 aliphatic heterocycles. The summed E-state index contributed by atoms with van der Waals surface area (Å²) in [5.74, 6) is 0.983. The number of aromatic nitrogens is 3. The molecule has 1 amide bonds. The molecular weight excluding hydrogens is 498 g/mol. The van der Waals surface area contributed by atoms with E-state index in [1.165, 1.54) is 11.3 Å². The maximum absolute atomic E-state index is 13.5. The van der Waals surface area contributed by atoms with Gasteiger partial charge in [-0.15, -0.1) is 11.3 Å². The Bertz CT molecular complexity index is 1720. The number of amides is 1. The Labute approximate surface area is 223 Å². The molecule has 8 nitrogen and oxygen atoms in total. The van der Waals surface area contributed by atoms with Crippen LogP contribution in [0.3, 0.4) is 0 Å². The standard InChI is InChI=1S/C29H29N5O3S/c1-20-27(28(36)34(31(20)2)22-11-4-3-5-12-22)30-29-33(17-9-16-32-15-8-14-26(32)35)23(19-38-29)25-18-21-10-6-7-13-24(21)37-25/h3-7,10-13,18-19H,8-9,14-17H2,1-2H3. The maximum atomic E-state index is 13.5. The highest BCUT2D eigenvalue weighted by Crippen LogP contribution is 2.29. The Morgan fingerprint density at radius 3 is 2.58 bits per heavy atom. The number of benzene rings is 2. The zero-order valence-corrected chi connectivity index (χ0v) is 22.3. The van der Waals surface area contributed by atoms with Crippen molar-refractivity contribution in [1.29, 1.82) is 0 Å². The van der Waals surface area contributed by atoms with Gasteiger partial charge in [-0.1, -0.05) is 36.4 Å². The number of para-hydroxylation sites is 2. The topological polar surface area (TPSA) is 77.7 Å². The van der Waals surface area contributed by atoms with E-state index in [9.17, 15) is 9.59 Å². The van der Waals surface area contributed by atoms with Gasteiger partial charge in [0.2, 0.25) is 5.91 Å². The summed E-state index contributed by atoms with van der Waals surface area (Å²) in [6.45, 7) is 4.09. The van der Waals surface area contributed by atoms with Crippen LogP contribution in [0.4, 0.5) is 5.69 Å². The zero-order valence-electron chi connectivity index (χ0n) is 21.5. The van der Waals surface area contributed by atoms with Crippen molar-refractivity contribution in [3.05, 3.63) is 86.9 Å². The number of rotatable bonds is 7. The van der Waals surface area contributed by atoms with Crippen LogP contribution in [-0.2, 0) is 18.4 Å². The van der Waals surface area contributed by atoms with Gasteiger partial charge in [0.1, 0.15) is 5.58 Å². The fraction of sp³-hybridized carbons (Fsp3) is 0.276. The lowest BCUT2D eigenvalue weighted by molar-refractivity contribution is -0.127. The SMILES string of the molecule is Cc1c(N=c2scc(-c3cc4ccccc4o3)n2CCCN2CCCC2=O)c(=O)n(-c2ccccc2)n1C. The number of carbonyl (C=O) groups excluding carboxylic acids is 1. The van der Waals surface area contributed by atoms with E-state index in [0.29, 0.717) is 25.2 Å². The molecule has 6 rings (SSSR count). The van der Waals surface area contributed by atoms with Crippen molar-refractivity contribution in [2.75, 3.05) is 13.1 Å². The van der Waals surface area contributed by atoms with Gasteiger partial charge < -0.3 is 13.9 Å². The average molecular weight is 528 g/mol. The zero-order chi connectivity index (χ0) is 26.2. The average Bonchev–Trinajstić information content (AvgIpc) is 3.69. The lowest BCUT2D eigenvalue weighted by Crippen LogP contribution is -2.27. The molecule has 0 bridgehead atoms. The number of hydrogen-bond donors (Lipinski definition) is 0. The lowest BCUT2D eigenvalue weighted by atomic mass is 10.2. The van der Waals surface area contributed by atoms with Crippen LogP contribution in [0.5, 0.6) is 0 Å². The van der Waals surface area contributed by atoms with Gasteiger partial charge in [0.15, 0.2) is 16.2 Å². The first kappa shape index (κ1) is 24.2. The van der Waals surface area contributed by atoms with Crippen LogP contribution in [0.15, 0.2) is 80.2 Å². The number of likely N-dealkylation sites (tertiary alicyclic amines) is 1. The molecule has 0 unspecified atom stereocenters. The smallest absolute Gasteiger partial charge is 0.297 e. The summed E-state index contributed by atoms with van der Waals surface area (Å²) in [7, 11) is 1.87. The fourth-order valence-electron chi connectivity index (χ4n) is 5.08. The molecule has 5 aromatic rings. The Morgan fingerprint density at radius 1 is 1.03 bits per heavy atom. The number of hydrogen-bond acceptors (Lipinski definition) is 5. The minimum absolute atomic E-state index is 0.163.